The molecule has 0 fully saturated rings. The molecule has 0 amide bonds. The van der Waals surface area contributed by atoms with Crippen LogP contribution in [0.25, 0.3) is 11.3 Å². The molecule has 0 aliphatic rings. The van der Waals surface area contributed by atoms with Crippen molar-refractivity contribution in [3.8, 4) is 11.3 Å². The van der Waals surface area contributed by atoms with Crippen LogP contribution in [-0.2, 0) is 20.1 Å². The molecule has 0 atom stereocenters. The molecule has 7 heteroatoms. The molecule has 2 rings (SSSR count). The van der Waals surface area contributed by atoms with Gasteiger partial charge in [-0.3, -0.25) is 4.18 Å². The van der Waals surface area contributed by atoms with Crippen molar-refractivity contribution in [3.63, 3.8) is 0 Å². The lowest BCUT2D eigenvalue weighted by atomic mass is 9.99. The Balaban J connectivity index is 2.14. The summed E-state index contributed by atoms with van der Waals surface area (Å²) in [6.45, 7) is 5.81. The predicted molar refractivity (Wildman–Crippen MR) is 83.3 cm³/mol. The molecule has 1 aromatic carbocycles. The third-order valence-electron chi connectivity index (χ3n) is 2.65. The summed E-state index contributed by atoms with van der Waals surface area (Å²) in [4.78, 5) is 4.24. The molecule has 1 heterocycles. The van der Waals surface area contributed by atoms with Crippen molar-refractivity contribution in [1.29, 1.82) is 0 Å². The maximum Gasteiger partial charge on any atom is 0.274 e. The van der Waals surface area contributed by atoms with Gasteiger partial charge in [0.25, 0.3) is 10.1 Å². The van der Waals surface area contributed by atoms with Crippen molar-refractivity contribution in [2.45, 2.75) is 26.5 Å². The normalized spacial score (nSPS) is 12.3. The van der Waals surface area contributed by atoms with E-state index in [-0.39, 0.29) is 17.8 Å². The van der Waals surface area contributed by atoms with Crippen LogP contribution in [0.3, 0.4) is 0 Å². The molecule has 6 nitrogen and oxygen atoms in total. The maximum atomic E-state index is 12.0. The summed E-state index contributed by atoms with van der Waals surface area (Å²) in [5, 5.41) is 7.60. The summed E-state index contributed by atoms with van der Waals surface area (Å²) in [6, 6.07) is 9.39. The first kappa shape index (κ1) is 16.5. The van der Waals surface area contributed by atoms with Gasteiger partial charge in [0.05, 0.1) is 18.5 Å². The topological polar surface area (TPSA) is 82.0 Å². The summed E-state index contributed by atoms with van der Waals surface area (Å²) >= 11 is 0. The van der Waals surface area contributed by atoms with Gasteiger partial charge >= 0.3 is 0 Å². The Kier molecular flexibility index (Phi) is 4.87. The van der Waals surface area contributed by atoms with Crippen molar-refractivity contribution in [2.75, 3.05) is 6.61 Å². The van der Waals surface area contributed by atoms with E-state index in [1.807, 2.05) is 51.1 Å². The molecule has 0 spiro atoms. The summed E-state index contributed by atoms with van der Waals surface area (Å²) in [5.74, 6) is -0.271. The number of rotatable bonds is 5. The number of hydrogen-bond donors (Lipinski definition) is 0. The molecular formula is C15H19N3O3S. The Morgan fingerprint density at radius 3 is 2.45 bits per heavy atom. The lowest BCUT2D eigenvalue weighted by Crippen LogP contribution is -2.20. The Morgan fingerprint density at radius 1 is 1.14 bits per heavy atom. The van der Waals surface area contributed by atoms with Gasteiger partial charge in [-0.15, -0.1) is 5.10 Å². The van der Waals surface area contributed by atoms with E-state index in [1.54, 1.807) is 0 Å². The Labute approximate surface area is 130 Å². The molecule has 0 unspecified atom stereocenters. The van der Waals surface area contributed by atoms with E-state index in [4.69, 9.17) is 4.18 Å². The third kappa shape index (κ3) is 5.16. The van der Waals surface area contributed by atoms with Crippen LogP contribution in [0.2, 0.25) is 0 Å². The van der Waals surface area contributed by atoms with Gasteiger partial charge in [0, 0.05) is 5.56 Å². The van der Waals surface area contributed by atoms with Crippen LogP contribution >= 0.6 is 0 Å². The van der Waals surface area contributed by atoms with Crippen molar-refractivity contribution in [2.24, 2.45) is 5.41 Å². The number of benzene rings is 1. The fourth-order valence-electron chi connectivity index (χ4n) is 1.62. The minimum absolute atomic E-state index is 0.112. The van der Waals surface area contributed by atoms with Gasteiger partial charge in [0.1, 0.15) is 5.75 Å². The molecule has 22 heavy (non-hydrogen) atoms. The number of hydrogen-bond acceptors (Lipinski definition) is 6. The zero-order valence-corrected chi connectivity index (χ0v) is 13.7. The summed E-state index contributed by atoms with van der Waals surface area (Å²) < 4.78 is 28.9. The second kappa shape index (κ2) is 6.50. The van der Waals surface area contributed by atoms with Crippen LogP contribution in [0.4, 0.5) is 0 Å². The molecule has 0 N–H and O–H groups in total. The Hall–Kier alpha value is -1.86. The van der Waals surface area contributed by atoms with E-state index in [9.17, 15) is 8.42 Å². The zero-order valence-electron chi connectivity index (χ0n) is 12.9. The fraction of sp³-hybridized carbons (Fsp3) is 0.400. The van der Waals surface area contributed by atoms with Crippen LogP contribution < -0.4 is 0 Å². The lowest BCUT2D eigenvalue weighted by molar-refractivity contribution is 0.203. The summed E-state index contributed by atoms with van der Waals surface area (Å²) in [6.07, 6.45) is 1.50. The Bertz CT molecular complexity index is 725. The van der Waals surface area contributed by atoms with E-state index < -0.39 is 15.9 Å². The van der Waals surface area contributed by atoms with E-state index in [1.165, 1.54) is 6.20 Å². The highest BCUT2D eigenvalue weighted by Gasteiger charge is 2.20. The highest BCUT2D eigenvalue weighted by atomic mass is 32.2. The van der Waals surface area contributed by atoms with Crippen LogP contribution in [0, 0.1) is 5.41 Å². The molecule has 2 aromatic rings. The maximum absolute atomic E-state index is 12.0. The van der Waals surface area contributed by atoms with Crippen molar-refractivity contribution in [3.05, 3.63) is 42.4 Å². The number of aromatic nitrogens is 3. The van der Waals surface area contributed by atoms with E-state index in [0.29, 0.717) is 5.69 Å². The number of nitrogens with zero attached hydrogens (tertiary/aromatic N) is 3. The minimum atomic E-state index is -3.73. The van der Waals surface area contributed by atoms with Gasteiger partial charge in [0.2, 0.25) is 0 Å². The lowest BCUT2D eigenvalue weighted by Gasteiger charge is -2.17. The monoisotopic (exact) mass is 321 g/mol. The smallest absolute Gasteiger partial charge is 0.269 e. The minimum Gasteiger partial charge on any atom is -0.269 e. The van der Waals surface area contributed by atoms with Crippen LogP contribution in [0.1, 0.15) is 26.6 Å². The van der Waals surface area contributed by atoms with Crippen molar-refractivity contribution in [1.82, 2.24) is 15.2 Å². The Morgan fingerprint density at radius 2 is 1.82 bits per heavy atom. The van der Waals surface area contributed by atoms with Crippen LogP contribution in [0.5, 0.6) is 0 Å². The van der Waals surface area contributed by atoms with Gasteiger partial charge in [-0.05, 0) is 5.41 Å². The van der Waals surface area contributed by atoms with Gasteiger partial charge in [0.15, 0.2) is 5.82 Å². The molecular weight excluding hydrogens is 302 g/mol. The molecule has 0 saturated carbocycles. The zero-order chi connectivity index (χ0) is 16.2. The molecule has 0 aliphatic carbocycles. The second-order valence-corrected chi connectivity index (χ2v) is 7.79. The van der Waals surface area contributed by atoms with Crippen molar-refractivity contribution < 1.29 is 12.6 Å². The molecule has 118 valence electrons. The van der Waals surface area contributed by atoms with Gasteiger partial charge < -0.3 is 0 Å². The molecule has 0 saturated heterocycles. The first-order chi connectivity index (χ1) is 10.3. The van der Waals surface area contributed by atoms with Crippen LogP contribution in [-0.4, -0.2) is 30.2 Å². The van der Waals surface area contributed by atoms with E-state index in [0.717, 1.165) is 5.56 Å². The summed E-state index contributed by atoms with van der Waals surface area (Å²) in [5.41, 5.74) is 1.20. The van der Waals surface area contributed by atoms with Gasteiger partial charge in [-0.1, -0.05) is 51.1 Å². The molecule has 0 aliphatic heterocycles. The average molecular weight is 321 g/mol. The summed E-state index contributed by atoms with van der Waals surface area (Å²) in [7, 11) is -3.73. The van der Waals surface area contributed by atoms with E-state index >= 15 is 0 Å². The highest BCUT2D eigenvalue weighted by molar-refractivity contribution is 7.85. The molecule has 0 bridgehead atoms. The standard InChI is InChI=1S/C15H19N3O3S/c1-15(2,3)11-21-22(19,20)10-14-17-13(9-16-18-14)12-7-5-4-6-8-12/h4-9H,10-11H2,1-3H3. The first-order valence-electron chi connectivity index (χ1n) is 6.86. The third-order valence-corrected chi connectivity index (χ3v) is 3.74. The molecule has 1 aromatic heterocycles. The first-order valence-corrected chi connectivity index (χ1v) is 8.44. The molecule has 0 radical (unpaired) electrons. The van der Waals surface area contributed by atoms with Gasteiger partial charge in [-0.25, -0.2) is 4.98 Å². The average Bonchev–Trinajstić information content (AvgIpc) is 2.46. The predicted octanol–water partition coefficient (Wildman–Crippen LogP) is 2.43. The van der Waals surface area contributed by atoms with Crippen LogP contribution in [0.15, 0.2) is 36.5 Å². The highest BCUT2D eigenvalue weighted by Crippen LogP contribution is 2.17. The van der Waals surface area contributed by atoms with Crippen molar-refractivity contribution >= 4 is 10.1 Å². The largest absolute Gasteiger partial charge is 0.274 e. The quantitative estimate of drug-likeness (QED) is 0.787. The fourth-order valence-corrected chi connectivity index (χ4v) is 2.67. The van der Waals surface area contributed by atoms with Gasteiger partial charge in [-0.2, -0.15) is 13.5 Å². The van der Waals surface area contributed by atoms with E-state index in [2.05, 4.69) is 15.2 Å². The SMILES string of the molecule is CC(C)(C)COS(=O)(=O)Cc1nncc(-c2ccccc2)n1. The second-order valence-electron chi connectivity index (χ2n) is 6.15.